The average Bonchev–Trinajstić information content (AvgIpc) is 2.66. The van der Waals surface area contributed by atoms with Gasteiger partial charge in [0.2, 0.25) is 5.91 Å². The van der Waals surface area contributed by atoms with E-state index in [9.17, 15) is 28.0 Å². The van der Waals surface area contributed by atoms with E-state index in [0.29, 0.717) is 0 Å². The highest BCUT2D eigenvalue weighted by Gasteiger charge is 2.28. The number of anilines is 2. The molecule has 1 aliphatic heterocycles. The molecule has 0 saturated carbocycles. The van der Waals surface area contributed by atoms with Gasteiger partial charge in [-0.2, -0.15) is 8.78 Å². The monoisotopic (exact) mass is 443 g/mol. The molecule has 0 bridgehead atoms. The van der Waals surface area contributed by atoms with Crippen LogP contribution >= 0.6 is 0 Å². The van der Waals surface area contributed by atoms with Crippen molar-refractivity contribution in [3.8, 4) is 5.75 Å². The number of morpholine rings is 1. The van der Waals surface area contributed by atoms with Crippen LogP contribution in [0.25, 0.3) is 0 Å². The third-order valence-electron chi connectivity index (χ3n) is 3.96. The van der Waals surface area contributed by atoms with Crippen molar-refractivity contribution in [3.05, 3.63) is 18.2 Å². The van der Waals surface area contributed by atoms with Crippen LogP contribution in [0.2, 0.25) is 0 Å². The number of primary amides is 1. The molecule has 5 N–H and O–H groups in total. The SMILES string of the molecule is CC(C)NC(=O)N[C@@H](C(N)=O)C(=O)Nc1ccc(N2CCOCC2=O)c(OC(F)F)c1. The number of hydrogen-bond acceptors (Lipinski definition) is 6. The van der Waals surface area contributed by atoms with Crippen molar-refractivity contribution in [3.63, 3.8) is 0 Å². The number of nitrogens with one attached hydrogen (secondary N) is 3. The summed E-state index contributed by atoms with van der Waals surface area (Å²) in [5.41, 5.74) is 5.22. The molecule has 13 heteroatoms. The smallest absolute Gasteiger partial charge is 0.387 e. The maximum Gasteiger partial charge on any atom is 0.387 e. The fraction of sp³-hybridized carbons (Fsp3) is 0.444. The Labute approximate surface area is 176 Å². The number of hydrogen-bond donors (Lipinski definition) is 4. The normalized spacial score (nSPS) is 14.9. The van der Waals surface area contributed by atoms with Gasteiger partial charge in [-0.05, 0) is 26.0 Å². The number of carbonyl (C=O) groups is 4. The molecule has 31 heavy (non-hydrogen) atoms. The topological polar surface area (TPSA) is 152 Å². The molecule has 1 fully saturated rings. The summed E-state index contributed by atoms with van der Waals surface area (Å²) in [5.74, 6) is -2.94. The molecule has 1 aromatic carbocycles. The first-order valence-electron chi connectivity index (χ1n) is 9.22. The lowest BCUT2D eigenvalue weighted by molar-refractivity contribution is -0.128. The molecule has 1 heterocycles. The summed E-state index contributed by atoms with van der Waals surface area (Å²) in [5, 5.41) is 6.87. The maximum atomic E-state index is 12.9. The first-order valence-corrected chi connectivity index (χ1v) is 9.22. The Bertz CT molecular complexity index is 851. The number of carbonyl (C=O) groups excluding carboxylic acids is 4. The Hall–Kier alpha value is -3.48. The van der Waals surface area contributed by atoms with Crippen molar-refractivity contribution in [2.45, 2.75) is 32.5 Å². The van der Waals surface area contributed by atoms with Gasteiger partial charge >= 0.3 is 12.6 Å². The molecule has 0 radical (unpaired) electrons. The number of rotatable bonds is 8. The summed E-state index contributed by atoms with van der Waals surface area (Å²) >= 11 is 0. The predicted molar refractivity (Wildman–Crippen MR) is 105 cm³/mol. The Morgan fingerprint density at radius 2 is 1.94 bits per heavy atom. The molecular formula is C18H23F2N5O6. The fourth-order valence-electron chi connectivity index (χ4n) is 2.69. The molecule has 0 aliphatic carbocycles. The summed E-state index contributed by atoms with van der Waals surface area (Å²) in [6, 6.07) is 0.903. The van der Waals surface area contributed by atoms with Gasteiger partial charge in [0.15, 0.2) is 11.8 Å². The molecule has 5 amide bonds. The summed E-state index contributed by atoms with van der Waals surface area (Å²) in [7, 11) is 0. The third kappa shape index (κ3) is 6.77. The molecule has 0 aromatic heterocycles. The highest BCUT2D eigenvalue weighted by molar-refractivity contribution is 6.11. The van der Waals surface area contributed by atoms with Crippen molar-refractivity contribution in [1.29, 1.82) is 0 Å². The minimum absolute atomic E-state index is 0.0255. The number of amides is 5. The molecule has 1 atom stereocenters. The van der Waals surface area contributed by atoms with Crippen LogP contribution in [-0.4, -0.2) is 62.2 Å². The van der Waals surface area contributed by atoms with Crippen LogP contribution in [0, 0.1) is 0 Å². The molecule has 11 nitrogen and oxygen atoms in total. The lowest BCUT2D eigenvalue weighted by atomic mass is 10.2. The highest BCUT2D eigenvalue weighted by Crippen LogP contribution is 2.33. The Morgan fingerprint density at radius 3 is 2.52 bits per heavy atom. The number of halogens is 2. The number of alkyl halides is 2. The predicted octanol–water partition coefficient (Wildman–Crippen LogP) is 0.151. The van der Waals surface area contributed by atoms with E-state index in [2.05, 4.69) is 20.7 Å². The quantitative estimate of drug-likeness (QED) is 0.420. The van der Waals surface area contributed by atoms with Crippen LogP contribution in [0.15, 0.2) is 18.2 Å². The van der Waals surface area contributed by atoms with Gasteiger partial charge in [0.05, 0.1) is 12.3 Å². The van der Waals surface area contributed by atoms with Gasteiger partial charge in [-0.25, -0.2) is 4.79 Å². The van der Waals surface area contributed by atoms with E-state index in [1.807, 2.05) is 0 Å². The first-order chi connectivity index (χ1) is 14.6. The van der Waals surface area contributed by atoms with Crippen LogP contribution in [0.3, 0.4) is 0 Å². The lowest BCUT2D eigenvalue weighted by Gasteiger charge is -2.28. The largest absolute Gasteiger partial charge is 0.433 e. The molecular weight excluding hydrogens is 420 g/mol. The van der Waals surface area contributed by atoms with E-state index in [1.54, 1.807) is 13.8 Å². The van der Waals surface area contributed by atoms with Gasteiger partial charge in [0.1, 0.15) is 6.61 Å². The van der Waals surface area contributed by atoms with Gasteiger partial charge < -0.3 is 36.1 Å². The van der Waals surface area contributed by atoms with Crippen LogP contribution in [0.4, 0.5) is 25.0 Å². The maximum absolute atomic E-state index is 12.9. The summed E-state index contributed by atoms with van der Waals surface area (Å²) in [6.45, 7) is 0.275. The van der Waals surface area contributed by atoms with Crippen molar-refractivity contribution >= 4 is 35.1 Å². The summed E-state index contributed by atoms with van der Waals surface area (Å²) < 4.78 is 35.3. The number of urea groups is 1. The number of nitrogens with zero attached hydrogens (tertiary/aromatic N) is 1. The molecule has 170 valence electrons. The molecule has 1 saturated heterocycles. The standard InChI is InChI=1S/C18H23F2N5O6/c1-9(2)22-18(29)24-14(15(21)27)16(28)23-10-3-4-11(12(7-10)31-17(19)20)25-5-6-30-8-13(25)26/h3-4,7,9,14,17H,5-6,8H2,1-2H3,(H2,21,27)(H,23,28)(H2,22,24,29)/t14-/m0/s1. The molecule has 1 aromatic rings. The van der Waals surface area contributed by atoms with Gasteiger partial charge in [0, 0.05) is 24.3 Å². The van der Waals surface area contributed by atoms with Crippen molar-refractivity contribution in [2.24, 2.45) is 5.73 Å². The van der Waals surface area contributed by atoms with E-state index < -0.39 is 36.4 Å². The van der Waals surface area contributed by atoms with Crippen molar-refractivity contribution in [2.75, 3.05) is 30.0 Å². The Kier molecular flexibility index (Phi) is 8.07. The van der Waals surface area contributed by atoms with Gasteiger partial charge in [0.25, 0.3) is 11.8 Å². The number of benzene rings is 1. The minimum Gasteiger partial charge on any atom is -0.433 e. The summed E-state index contributed by atoms with van der Waals surface area (Å²) in [4.78, 5) is 49.1. The zero-order chi connectivity index (χ0) is 23.1. The second kappa shape index (κ2) is 10.5. The molecule has 1 aliphatic rings. The minimum atomic E-state index is -3.19. The zero-order valence-corrected chi connectivity index (χ0v) is 16.8. The van der Waals surface area contributed by atoms with Gasteiger partial charge in [-0.15, -0.1) is 0 Å². The van der Waals surface area contributed by atoms with E-state index in [4.69, 9.17) is 10.5 Å². The van der Waals surface area contributed by atoms with Gasteiger partial charge in [-0.3, -0.25) is 14.4 Å². The van der Waals surface area contributed by atoms with Crippen LogP contribution in [-0.2, 0) is 19.1 Å². The molecule has 0 spiro atoms. The van der Waals surface area contributed by atoms with Gasteiger partial charge in [-0.1, -0.05) is 0 Å². The third-order valence-corrected chi connectivity index (χ3v) is 3.96. The number of ether oxygens (including phenoxy) is 2. The second-order valence-electron chi connectivity index (χ2n) is 6.76. The van der Waals surface area contributed by atoms with E-state index in [1.165, 1.54) is 17.0 Å². The Balaban J connectivity index is 2.22. The molecule has 0 unspecified atom stereocenters. The summed E-state index contributed by atoms with van der Waals surface area (Å²) in [6.07, 6.45) is 0. The van der Waals surface area contributed by atoms with Crippen molar-refractivity contribution in [1.82, 2.24) is 10.6 Å². The van der Waals surface area contributed by atoms with E-state index in [-0.39, 0.29) is 42.9 Å². The van der Waals surface area contributed by atoms with Crippen LogP contribution in [0.5, 0.6) is 5.75 Å². The average molecular weight is 443 g/mol. The lowest BCUT2D eigenvalue weighted by Crippen LogP contribution is -2.55. The first kappa shape index (κ1) is 23.8. The Morgan fingerprint density at radius 1 is 1.23 bits per heavy atom. The molecule has 2 rings (SSSR count). The highest BCUT2D eigenvalue weighted by atomic mass is 19.3. The second-order valence-corrected chi connectivity index (χ2v) is 6.76. The van der Waals surface area contributed by atoms with Crippen LogP contribution in [0.1, 0.15) is 13.8 Å². The van der Waals surface area contributed by atoms with E-state index >= 15 is 0 Å². The fourth-order valence-corrected chi connectivity index (χ4v) is 2.69. The van der Waals surface area contributed by atoms with E-state index in [0.717, 1.165) is 6.07 Å². The van der Waals surface area contributed by atoms with Crippen molar-refractivity contribution < 1.29 is 37.4 Å². The zero-order valence-electron chi connectivity index (χ0n) is 16.8. The number of nitrogens with two attached hydrogens (primary N) is 1. The van der Waals surface area contributed by atoms with Crippen LogP contribution < -0.4 is 31.3 Å².